The maximum Gasteiger partial charge on any atom is 0.261 e. The second kappa shape index (κ2) is 7.98. The summed E-state index contributed by atoms with van der Waals surface area (Å²) in [5.41, 5.74) is 8.36. The first kappa shape index (κ1) is 21.9. The van der Waals surface area contributed by atoms with Crippen molar-refractivity contribution in [3.05, 3.63) is 53.2 Å². The molecular weight excluding hydrogens is 464 g/mol. The van der Waals surface area contributed by atoms with Crippen LogP contribution in [0.1, 0.15) is 24.6 Å². The summed E-state index contributed by atoms with van der Waals surface area (Å²) in [6, 6.07) is 9.47. The van der Waals surface area contributed by atoms with Gasteiger partial charge in [0, 0.05) is 48.3 Å². The van der Waals surface area contributed by atoms with E-state index in [1.807, 2.05) is 47.5 Å². The van der Waals surface area contributed by atoms with Gasteiger partial charge in [-0.1, -0.05) is 18.2 Å². The molecule has 0 bridgehead atoms. The van der Waals surface area contributed by atoms with Gasteiger partial charge in [0.25, 0.3) is 11.8 Å². The van der Waals surface area contributed by atoms with Crippen molar-refractivity contribution >= 4 is 61.4 Å². The van der Waals surface area contributed by atoms with E-state index in [4.69, 9.17) is 20.4 Å². The SMILES string of the molecule is COC1CN(c2nc(C3=C(c4c[nH]c5sccc45)C(=O)NC3=O)c3ccccc3n2)CCC1(C)N. The van der Waals surface area contributed by atoms with E-state index in [1.54, 1.807) is 24.6 Å². The van der Waals surface area contributed by atoms with Crippen LogP contribution in [0.2, 0.25) is 0 Å². The fourth-order valence-electron chi connectivity index (χ4n) is 4.95. The van der Waals surface area contributed by atoms with Gasteiger partial charge in [-0.05, 0) is 30.9 Å². The summed E-state index contributed by atoms with van der Waals surface area (Å²) in [5, 5.41) is 6.03. The van der Waals surface area contributed by atoms with E-state index in [-0.39, 0.29) is 11.7 Å². The molecule has 2 amide bonds. The molecule has 1 saturated heterocycles. The molecule has 0 radical (unpaired) electrons. The van der Waals surface area contributed by atoms with E-state index in [9.17, 15) is 9.59 Å². The lowest BCUT2D eigenvalue weighted by Gasteiger charge is -2.42. The highest BCUT2D eigenvalue weighted by Crippen LogP contribution is 2.38. The van der Waals surface area contributed by atoms with E-state index >= 15 is 0 Å². The molecule has 0 saturated carbocycles. The Morgan fingerprint density at radius 1 is 1.14 bits per heavy atom. The number of nitrogens with one attached hydrogen (secondary N) is 2. The number of carbonyl (C=O) groups is 2. The van der Waals surface area contributed by atoms with Crippen molar-refractivity contribution < 1.29 is 14.3 Å². The number of fused-ring (bicyclic) bond motifs is 2. The zero-order chi connectivity index (χ0) is 24.3. The number of piperidine rings is 1. The van der Waals surface area contributed by atoms with Gasteiger partial charge in [-0.3, -0.25) is 14.9 Å². The zero-order valence-electron chi connectivity index (χ0n) is 19.3. The second-order valence-electron chi connectivity index (χ2n) is 9.21. The number of nitrogens with zero attached hydrogens (tertiary/aromatic N) is 3. The van der Waals surface area contributed by atoms with Crippen LogP contribution in [-0.2, 0) is 14.3 Å². The number of hydrogen-bond acceptors (Lipinski definition) is 8. The molecule has 0 spiro atoms. The molecular formula is C25H24N6O3S. The molecule has 178 valence electrons. The molecule has 0 aliphatic carbocycles. The van der Waals surface area contributed by atoms with Crippen LogP contribution in [0.15, 0.2) is 41.9 Å². The number of para-hydroxylation sites is 1. The molecule has 9 nitrogen and oxygen atoms in total. The lowest BCUT2D eigenvalue weighted by atomic mass is 9.88. The number of hydrogen-bond donors (Lipinski definition) is 3. The molecule has 5 heterocycles. The number of ether oxygens (including phenoxy) is 1. The van der Waals surface area contributed by atoms with E-state index in [0.717, 1.165) is 10.2 Å². The van der Waals surface area contributed by atoms with E-state index in [2.05, 4.69) is 10.3 Å². The molecule has 35 heavy (non-hydrogen) atoms. The number of aromatic nitrogens is 3. The van der Waals surface area contributed by atoms with Crippen LogP contribution >= 0.6 is 11.3 Å². The maximum atomic E-state index is 13.2. The summed E-state index contributed by atoms with van der Waals surface area (Å²) in [6.45, 7) is 3.15. The Balaban J connectivity index is 1.56. The molecule has 2 aliphatic heterocycles. The number of nitrogens with two attached hydrogens (primary N) is 1. The Hall–Kier alpha value is -3.60. The van der Waals surface area contributed by atoms with Crippen molar-refractivity contribution in [1.29, 1.82) is 0 Å². The van der Waals surface area contributed by atoms with Crippen molar-refractivity contribution in [2.24, 2.45) is 5.73 Å². The largest absolute Gasteiger partial charge is 0.378 e. The topological polar surface area (TPSA) is 126 Å². The predicted octanol–water partition coefficient (Wildman–Crippen LogP) is 2.68. The zero-order valence-corrected chi connectivity index (χ0v) is 20.1. The van der Waals surface area contributed by atoms with Crippen molar-refractivity contribution in [3.63, 3.8) is 0 Å². The number of imide groups is 1. The number of methoxy groups -OCH3 is 1. The number of thiophene rings is 1. The maximum absolute atomic E-state index is 13.2. The number of amides is 2. The molecule has 2 atom stereocenters. The highest BCUT2D eigenvalue weighted by molar-refractivity contribution is 7.16. The van der Waals surface area contributed by atoms with Crippen molar-refractivity contribution in [2.45, 2.75) is 25.0 Å². The minimum atomic E-state index is -0.465. The van der Waals surface area contributed by atoms with Gasteiger partial charge in [0.05, 0.1) is 28.5 Å². The molecule has 10 heteroatoms. The Labute approximate surface area is 205 Å². The first-order valence-electron chi connectivity index (χ1n) is 11.4. The van der Waals surface area contributed by atoms with Gasteiger partial charge in [0.15, 0.2) is 0 Å². The molecule has 2 unspecified atom stereocenters. The fourth-order valence-corrected chi connectivity index (χ4v) is 5.72. The van der Waals surface area contributed by atoms with Crippen LogP contribution in [0.25, 0.3) is 32.3 Å². The smallest absolute Gasteiger partial charge is 0.261 e. The number of aromatic amines is 1. The van der Waals surface area contributed by atoms with Crippen LogP contribution < -0.4 is 16.0 Å². The predicted molar refractivity (Wildman–Crippen MR) is 136 cm³/mol. The summed E-state index contributed by atoms with van der Waals surface area (Å²) in [5.74, 6) is -0.421. The Kier molecular flexibility index (Phi) is 4.99. The third kappa shape index (κ3) is 3.44. The van der Waals surface area contributed by atoms with Gasteiger partial charge in [0.2, 0.25) is 5.95 Å². The number of H-pyrrole nitrogens is 1. The van der Waals surface area contributed by atoms with Crippen molar-refractivity contribution in [2.75, 3.05) is 25.1 Å². The lowest BCUT2D eigenvalue weighted by molar-refractivity contribution is -0.122. The second-order valence-corrected chi connectivity index (χ2v) is 10.1. The summed E-state index contributed by atoms with van der Waals surface area (Å²) in [4.78, 5) is 42.0. The molecule has 4 aromatic rings. The van der Waals surface area contributed by atoms with Crippen LogP contribution in [0.5, 0.6) is 0 Å². The standard InChI is InChI=1S/C25H24N6O3S/c1-25(26)8-9-31(12-17(25)34-2)24-28-16-6-4-3-5-14(16)20(29-24)19-18(21(32)30-22(19)33)15-11-27-23-13(15)7-10-35-23/h3-7,10-11,17,27H,8-9,12,26H2,1-2H3,(H,30,32,33). The number of carbonyl (C=O) groups excluding carboxylic acids is 2. The summed E-state index contributed by atoms with van der Waals surface area (Å²) in [6.07, 6.45) is 2.27. The Morgan fingerprint density at radius 2 is 1.94 bits per heavy atom. The van der Waals surface area contributed by atoms with E-state index in [0.29, 0.717) is 53.2 Å². The molecule has 1 aromatic carbocycles. The molecule has 1 fully saturated rings. The van der Waals surface area contributed by atoms with E-state index in [1.165, 1.54) is 0 Å². The van der Waals surface area contributed by atoms with Crippen LogP contribution in [0, 0.1) is 0 Å². The summed E-state index contributed by atoms with van der Waals surface area (Å²) in [7, 11) is 1.65. The Morgan fingerprint density at radius 3 is 2.77 bits per heavy atom. The lowest BCUT2D eigenvalue weighted by Crippen LogP contribution is -2.60. The highest BCUT2D eigenvalue weighted by atomic mass is 32.1. The van der Waals surface area contributed by atoms with Crippen LogP contribution in [0.4, 0.5) is 5.95 Å². The minimum Gasteiger partial charge on any atom is -0.378 e. The fraction of sp³-hybridized carbons (Fsp3) is 0.280. The number of rotatable bonds is 4. The van der Waals surface area contributed by atoms with Gasteiger partial charge in [0.1, 0.15) is 4.83 Å². The highest BCUT2D eigenvalue weighted by Gasteiger charge is 2.39. The van der Waals surface area contributed by atoms with Gasteiger partial charge in [-0.2, -0.15) is 0 Å². The molecule has 6 rings (SSSR count). The van der Waals surface area contributed by atoms with Gasteiger partial charge < -0.3 is 20.4 Å². The van der Waals surface area contributed by atoms with Gasteiger partial charge in [-0.25, -0.2) is 9.97 Å². The number of benzene rings is 1. The molecule has 4 N–H and O–H groups in total. The monoisotopic (exact) mass is 488 g/mol. The first-order chi connectivity index (χ1) is 16.9. The van der Waals surface area contributed by atoms with Crippen molar-refractivity contribution in [1.82, 2.24) is 20.3 Å². The quantitative estimate of drug-likeness (QED) is 0.377. The van der Waals surface area contributed by atoms with Gasteiger partial charge >= 0.3 is 0 Å². The third-order valence-electron chi connectivity index (χ3n) is 6.94. The van der Waals surface area contributed by atoms with Crippen molar-refractivity contribution in [3.8, 4) is 0 Å². The van der Waals surface area contributed by atoms with Gasteiger partial charge in [-0.15, -0.1) is 11.3 Å². The summed E-state index contributed by atoms with van der Waals surface area (Å²) < 4.78 is 5.66. The average Bonchev–Trinajstić information content (AvgIpc) is 3.53. The summed E-state index contributed by atoms with van der Waals surface area (Å²) >= 11 is 1.54. The van der Waals surface area contributed by atoms with Crippen LogP contribution in [-0.4, -0.2) is 58.6 Å². The third-order valence-corrected chi connectivity index (χ3v) is 7.79. The molecule has 3 aromatic heterocycles. The first-order valence-corrected chi connectivity index (χ1v) is 12.2. The van der Waals surface area contributed by atoms with E-state index < -0.39 is 17.4 Å². The Bertz CT molecular complexity index is 1530. The minimum absolute atomic E-state index is 0.201. The van der Waals surface area contributed by atoms with Crippen LogP contribution in [0.3, 0.4) is 0 Å². The average molecular weight is 489 g/mol. The molecule has 2 aliphatic rings. The number of anilines is 1. The normalized spacial score (nSPS) is 23.1.